The number of anilines is 1. The number of nitrogens with zero attached hydrogens (tertiary/aromatic N) is 2. The van der Waals surface area contributed by atoms with E-state index in [2.05, 4.69) is 24.3 Å². The maximum atomic E-state index is 12.7. The topological polar surface area (TPSA) is 78.0 Å². The van der Waals surface area contributed by atoms with Crippen molar-refractivity contribution in [3.05, 3.63) is 96.2 Å². The van der Waals surface area contributed by atoms with Crippen LogP contribution in [0, 0.1) is 0 Å². The van der Waals surface area contributed by atoms with E-state index >= 15 is 0 Å². The van der Waals surface area contributed by atoms with E-state index in [9.17, 15) is 9.59 Å². The lowest BCUT2D eigenvalue weighted by atomic mass is 10.1. The van der Waals surface area contributed by atoms with Gasteiger partial charge in [0.05, 0.1) is 37.0 Å². The molecule has 0 radical (unpaired) electrons. The average Bonchev–Trinajstić information content (AvgIpc) is 3.43. The first-order valence-corrected chi connectivity index (χ1v) is 12.4. The Morgan fingerprint density at radius 1 is 0.838 bits per heavy atom. The summed E-state index contributed by atoms with van der Waals surface area (Å²) in [6.07, 6.45) is 0. The summed E-state index contributed by atoms with van der Waals surface area (Å²) in [5.41, 5.74) is 4.77. The number of thiazole rings is 1. The molecule has 5 rings (SSSR count). The van der Waals surface area contributed by atoms with Gasteiger partial charge in [-0.1, -0.05) is 72.8 Å². The number of hydrogen-bond acceptors (Lipinski definition) is 8. The zero-order chi connectivity index (χ0) is 25.8. The first kappa shape index (κ1) is 24.4. The van der Waals surface area contributed by atoms with Gasteiger partial charge in [-0.25, -0.2) is 14.6 Å². The van der Waals surface area contributed by atoms with Crippen molar-refractivity contribution < 1.29 is 23.8 Å². The van der Waals surface area contributed by atoms with Crippen LogP contribution in [0.2, 0.25) is 0 Å². The van der Waals surface area contributed by atoms with Crippen molar-refractivity contribution in [3.63, 3.8) is 0 Å². The van der Waals surface area contributed by atoms with E-state index in [1.165, 1.54) is 14.2 Å². The van der Waals surface area contributed by atoms with E-state index in [4.69, 9.17) is 19.2 Å². The van der Waals surface area contributed by atoms with E-state index < -0.39 is 11.9 Å². The summed E-state index contributed by atoms with van der Waals surface area (Å²) in [5.74, 6) is -1.28. The Kier molecular flexibility index (Phi) is 7.11. The second-order valence-electron chi connectivity index (χ2n) is 8.20. The molecule has 0 atom stereocenters. The number of esters is 2. The van der Waals surface area contributed by atoms with Crippen molar-refractivity contribution in [2.45, 2.75) is 0 Å². The van der Waals surface area contributed by atoms with Crippen LogP contribution in [-0.4, -0.2) is 44.5 Å². The monoisotopic (exact) mass is 512 g/mol. The second-order valence-corrected chi connectivity index (χ2v) is 9.19. The second kappa shape index (κ2) is 10.8. The molecule has 1 aromatic heterocycles. The molecule has 1 aliphatic heterocycles. The number of aromatic nitrogens is 1. The summed E-state index contributed by atoms with van der Waals surface area (Å²) < 4.78 is 15.5. The van der Waals surface area contributed by atoms with Crippen molar-refractivity contribution in [1.82, 2.24) is 4.98 Å². The third-order valence-corrected chi connectivity index (χ3v) is 7.10. The lowest BCUT2D eigenvalue weighted by molar-refractivity contribution is -0.140. The van der Waals surface area contributed by atoms with Crippen molar-refractivity contribution in [2.24, 2.45) is 0 Å². The summed E-state index contributed by atoms with van der Waals surface area (Å²) in [7, 11) is 2.54. The van der Waals surface area contributed by atoms with Crippen molar-refractivity contribution in [2.75, 3.05) is 32.5 Å². The predicted octanol–water partition coefficient (Wildman–Crippen LogP) is 5.54. The molecular weight excluding hydrogens is 488 g/mol. The summed E-state index contributed by atoms with van der Waals surface area (Å²) in [5, 5.41) is 0.828. The van der Waals surface area contributed by atoms with E-state index in [0.29, 0.717) is 5.69 Å². The molecule has 0 N–H and O–H groups in total. The summed E-state index contributed by atoms with van der Waals surface area (Å²) in [4.78, 5) is 32.8. The number of rotatable bonds is 6. The normalized spacial score (nSPS) is 13.4. The Labute approximate surface area is 218 Å². The Hall–Kier alpha value is -4.27. The van der Waals surface area contributed by atoms with Crippen LogP contribution in [0.25, 0.3) is 32.3 Å². The van der Waals surface area contributed by atoms with Gasteiger partial charge in [-0.2, -0.15) is 0 Å². The third kappa shape index (κ3) is 4.89. The van der Waals surface area contributed by atoms with Crippen LogP contribution in [0.15, 0.2) is 96.2 Å². The van der Waals surface area contributed by atoms with Crippen LogP contribution < -0.4 is 4.90 Å². The molecule has 2 heterocycles. The highest BCUT2D eigenvalue weighted by Crippen LogP contribution is 2.41. The molecule has 4 aromatic rings. The number of carbonyl (C=O) groups excluding carboxylic acids is 2. The molecule has 0 aliphatic carbocycles. The minimum absolute atomic E-state index is 0.0410. The van der Waals surface area contributed by atoms with Crippen LogP contribution in [0.4, 0.5) is 5.69 Å². The maximum absolute atomic E-state index is 12.7. The van der Waals surface area contributed by atoms with Gasteiger partial charge in [0.1, 0.15) is 17.4 Å². The number of benzene rings is 3. The highest BCUT2D eigenvalue weighted by molar-refractivity contribution is 7.19. The molecule has 3 aromatic carbocycles. The molecule has 0 fully saturated rings. The Morgan fingerprint density at radius 2 is 1.49 bits per heavy atom. The molecule has 0 saturated carbocycles. The predicted molar refractivity (Wildman–Crippen MR) is 143 cm³/mol. The molecule has 0 spiro atoms. The first-order valence-electron chi connectivity index (χ1n) is 11.6. The van der Waals surface area contributed by atoms with Crippen LogP contribution in [0.5, 0.6) is 0 Å². The summed E-state index contributed by atoms with van der Waals surface area (Å²) in [6.45, 7) is 0.0391. The fourth-order valence-corrected chi connectivity index (χ4v) is 5.26. The molecule has 1 aliphatic rings. The molecule has 8 heteroatoms. The highest BCUT2D eigenvalue weighted by atomic mass is 32.1. The SMILES string of the molecule is COC(=O)C1=C(C(=O)OC)N(c2cccc(-c3nc(-c4ccccc4)c(-c4ccccc4)s3)c2)COC1. The molecule has 186 valence electrons. The van der Waals surface area contributed by atoms with Gasteiger partial charge < -0.3 is 19.1 Å². The van der Waals surface area contributed by atoms with Gasteiger partial charge in [-0.15, -0.1) is 11.3 Å². The molecule has 0 saturated heterocycles. The standard InChI is InChI=1S/C29H24N2O5S/c1-34-28(32)23-17-36-18-31(25(23)29(33)35-2)22-15-9-14-21(16-22)27-30-24(19-10-5-3-6-11-19)26(37-27)20-12-7-4-8-13-20/h3-16H,17-18H2,1-2H3. The van der Waals surface area contributed by atoms with Crippen LogP contribution in [0.1, 0.15) is 0 Å². The van der Waals surface area contributed by atoms with Gasteiger partial charge in [-0.05, 0) is 17.7 Å². The number of methoxy groups -OCH3 is 2. The lowest BCUT2D eigenvalue weighted by Gasteiger charge is -2.31. The van der Waals surface area contributed by atoms with E-state index in [-0.39, 0.29) is 24.6 Å². The van der Waals surface area contributed by atoms with Crippen LogP contribution in [0.3, 0.4) is 0 Å². The van der Waals surface area contributed by atoms with Gasteiger partial charge in [-0.3, -0.25) is 0 Å². The number of carbonyl (C=O) groups is 2. The lowest BCUT2D eigenvalue weighted by Crippen LogP contribution is -2.38. The zero-order valence-corrected chi connectivity index (χ0v) is 21.2. The summed E-state index contributed by atoms with van der Waals surface area (Å²) >= 11 is 1.60. The fraction of sp³-hybridized carbons (Fsp3) is 0.138. The number of ether oxygens (including phenoxy) is 3. The molecule has 0 unspecified atom stereocenters. The van der Waals surface area contributed by atoms with Gasteiger partial charge in [0.2, 0.25) is 0 Å². The minimum Gasteiger partial charge on any atom is -0.466 e. The maximum Gasteiger partial charge on any atom is 0.355 e. The Morgan fingerprint density at radius 3 is 2.16 bits per heavy atom. The van der Waals surface area contributed by atoms with E-state index in [0.717, 1.165) is 32.3 Å². The van der Waals surface area contributed by atoms with Crippen LogP contribution in [-0.2, 0) is 23.8 Å². The summed E-state index contributed by atoms with van der Waals surface area (Å²) in [6, 6.07) is 27.9. The third-order valence-electron chi connectivity index (χ3n) is 5.95. The largest absolute Gasteiger partial charge is 0.466 e. The minimum atomic E-state index is -0.638. The van der Waals surface area contributed by atoms with Crippen molar-refractivity contribution >= 4 is 29.0 Å². The van der Waals surface area contributed by atoms with Gasteiger partial charge in [0.15, 0.2) is 0 Å². The van der Waals surface area contributed by atoms with Gasteiger partial charge in [0, 0.05) is 16.8 Å². The van der Waals surface area contributed by atoms with Gasteiger partial charge in [0.25, 0.3) is 0 Å². The molecule has 0 bridgehead atoms. The molecule has 7 nitrogen and oxygen atoms in total. The smallest absolute Gasteiger partial charge is 0.355 e. The van der Waals surface area contributed by atoms with E-state index in [1.807, 2.05) is 60.7 Å². The Balaban J connectivity index is 1.60. The van der Waals surface area contributed by atoms with Crippen LogP contribution >= 0.6 is 11.3 Å². The zero-order valence-electron chi connectivity index (χ0n) is 20.3. The first-order chi connectivity index (χ1) is 18.1. The number of hydrogen-bond donors (Lipinski definition) is 0. The quantitative estimate of drug-likeness (QED) is 0.314. The van der Waals surface area contributed by atoms with Crippen molar-refractivity contribution in [1.29, 1.82) is 0 Å². The van der Waals surface area contributed by atoms with Crippen molar-refractivity contribution in [3.8, 4) is 32.3 Å². The average molecular weight is 513 g/mol. The fourth-order valence-electron chi connectivity index (χ4n) is 4.17. The molecule has 0 amide bonds. The Bertz CT molecular complexity index is 1410. The van der Waals surface area contributed by atoms with E-state index in [1.54, 1.807) is 16.2 Å². The van der Waals surface area contributed by atoms with Gasteiger partial charge >= 0.3 is 11.9 Å². The molecule has 37 heavy (non-hydrogen) atoms. The molecular formula is C29H24N2O5S. The highest BCUT2D eigenvalue weighted by Gasteiger charge is 2.32.